The number of methoxy groups -OCH3 is 1. The standard InChI is InChI=1S/C24H16BrClINO6S2/c1-33-20-11-15(10-19(25)22(20)34-36(31,32)18-8-4-16(26)5-9-18)12-21-23(29)28(24(30)35-21)13-14-2-6-17(27)7-3-14/h2-12H,13H2,1H3/b21-12-. The Morgan fingerprint density at radius 1 is 1.08 bits per heavy atom. The first-order valence-electron chi connectivity index (χ1n) is 10.1. The molecule has 0 N–H and O–H groups in total. The number of halogens is 3. The second-order valence-corrected chi connectivity index (χ2v) is 12.5. The fourth-order valence-electron chi connectivity index (χ4n) is 3.22. The SMILES string of the molecule is COc1cc(/C=C2\SC(=O)N(Cc3ccc(I)cc3)C2=O)cc(Br)c1OS(=O)(=O)c1ccc(Cl)cc1. The summed E-state index contributed by atoms with van der Waals surface area (Å²) >= 11 is 12.2. The minimum absolute atomic E-state index is 0.0589. The van der Waals surface area contributed by atoms with E-state index in [1.807, 2.05) is 24.3 Å². The van der Waals surface area contributed by atoms with Crippen molar-refractivity contribution < 1.29 is 26.9 Å². The number of carbonyl (C=O) groups is 2. The van der Waals surface area contributed by atoms with Crippen molar-refractivity contribution in [1.82, 2.24) is 4.90 Å². The van der Waals surface area contributed by atoms with E-state index in [1.54, 1.807) is 12.1 Å². The number of carbonyl (C=O) groups excluding carboxylic acids is 2. The number of hydrogen-bond donors (Lipinski definition) is 0. The molecule has 1 fully saturated rings. The molecular formula is C24H16BrClINO6S2. The normalized spacial score (nSPS) is 15.0. The van der Waals surface area contributed by atoms with Gasteiger partial charge in [-0.15, -0.1) is 0 Å². The molecule has 0 radical (unpaired) electrons. The van der Waals surface area contributed by atoms with Crippen molar-refractivity contribution >= 4 is 89.2 Å². The Bertz CT molecular complexity index is 1480. The van der Waals surface area contributed by atoms with Gasteiger partial charge in [-0.05, 0) is 116 Å². The lowest BCUT2D eigenvalue weighted by atomic mass is 10.1. The second-order valence-electron chi connectivity index (χ2n) is 7.42. The second kappa shape index (κ2) is 11.1. The van der Waals surface area contributed by atoms with Crippen LogP contribution >= 0.6 is 61.9 Å². The fraction of sp³-hybridized carbons (Fsp3) is 0.0833. The van der Waals surface area contributed by atoms with Crippen LogP contribution in [0.25, 0.3) is 6.08 Å². The average Bonchev–Trinajstić information content (AvgIpc) is 3.09. The Labute approximate surface area is 239 Å². The highest BCUT2D eigenvalue weighted by Crippen LogP contribution is 2.40. The highest BCUT2D eigenvalue weighted by molar-refractivity contribution is 14.1. The number of thioether (sulfide) groups is 1. The van der Waals surface area contributed by atoms with Crippen LogP contribution in [-0.2, 0) is 21.5 Å². The molecule has 0 spiro atoms. The van der Waals surface area contributed by atoms with E-state index < -0.39 is 16.0 Å². The summed E-state index contributed by atoms with van der Waals surface area (Å²) in [5.41, 5.74) is 1.35. The van der Waals surface area contributed by atoms with Crippen molar-refractivity contribution in [3.8, 4) is 11.5 Å². The van der Waals surface area contributed by atoms with Gasteiger partial charge in [0, 0.05) is 8.59 Å². The minimum atomic E-state index is -4.17. The number of benzene rings is 3. The number of hydrogen-bond acceptors (Lipinski definition) is 7. The maximum absolute atomic E-state index is 12.9. The molecule has 0 saturated carbocycles. The molecule has 1 aliphatic rings. The van der Waals surface area contributed by atoms with E-state index >= 15 is 0 Å². The minimum Gasteiger partial charge on any atom is -0.493 e. The molecule has 2 amide bonds. The number of imide groups is 1. The average molecular weight is 721 g/mol. The Hall–Kier alpha value is -2.06. The lowest BCUT2D eigenvalue weighted by molar-refractivity contribution is -0.123. The zero-order valence-electron chi connectivity index (χ0n) is 18.4. The van der Waals surface area contributed by atoms with Gasteiger partial charge in [0.25, 0.3) is 11.1 Å². The van der Waals surface area contributed by atoms with Gasteiger partial charge >= 0.3 is 10.1 Å². The predicted molar refractivity (Wildman–Crippen MR) is 151 cm³/mol. The first-order valence-corrected chi connectivity index (χ1v) is 14.6. The molecule has 0 bridgehead atoms. The number of rotatable bonds is 7. The summed E-state index contributed by atoms with van der Waals surface area (Å²) in [5, 5.41) is 0.0184. The van der Waals surface area contributed by atoms with Crippen molar-refractivity contribution in [3.05, 3.63) is 89.8 Å². The van der Waals surface area contributed by atoms with E-state index in [9.17, 15) is 18.0 Å². The van der Waals surface area contributed by atoms with Crippen LogP contribution in [0.1, 0.15) is 11.1 Å². The van der Waals surface area contributed by atoms with Crippen LogP contribution in [0.2, 0.25) is 5.02 Å². The summed E-state index contributed by atoms with van der Waals surface area (Å²) in [7, 11) is -2.81. The van der Waals surface area contributed by atoms with Crippen molar-refractivity contribution in [2.24, 2.45) is 0 Å². The van der Waals surface area contributed by atoms with Gasteiger partial charge < -0.3 is 8.92 Å². The van der Waals surface area contributed by atoms with E-state index in [-0.39, 0.29) is 37.6 Å². The molecule has 0 atom stereocenters. The summed E-state index contributed by atoms with van der Waals surface area (Å²) in [6.07, 6.45) is 1.55. The van der Waals surface area contributed by atoms with Crippen LogP contribution in [0, 0.1) is 3.57 Å². The van der Waals surface area contributed by atoms with Crippen molar-refractivity contribution in [1.29, 1.82) is 0 Å². The van der Waals surface area contributed by atoms with Gasteiger partial charge in [0.05, 0.1) is 23.0 Å². The van der Waals surface area contributed by atoms with Gasteiger partial charge in [0.2, 0.25) is 0 Å². The van der Waals surface area contributed by atoms with E-state index in [0.29, 0.717) is 10.6 Å². The third kappa shape index (κ3) is 6.08. The van der Waals surface area contributed by atoms with E-state index in [4.69, 9.17) is 20.5 Å². The molecule has 4 rings (SSSR count). The highest BCUT2D eigenvalue weighted by Gasteiger charge is 2.35. The molecular weight excluding hydrogens is 705 g/mol. The molecule has 0 unspecified atom stereocenters. The fourth-order valence-corrected chi connectivity index (χ4v) is 6.15. The van der Waals surface area contributed by atoms with Gasteiger partial charge in [-0.1, -0.05) is 23.7 Å². The van der Waals surface area contributed by atoms with Gasteiger partial charge in [0.1, 0.15) is 4.90 Å². The van der Waals surface area contributed by atoms with Crippen molar-refractivity contribution in [2.45, 2.75) is 11.4 Å². The summed E-state index contributed by atoms with van der Waals surface area (Å²) < 4.78 is 37.5. The largest absolute Gasteiger partial charge is 0.493 e. The van der Waals surface area contributed by atoms with Gasteiger partial charge in [-0.3, -0.25) is 14.5 Å². The zero-order valence-corrected chi connectivity index (χ0v) is 24.5. The lowest BCUT2D eigenvalue weighted by Crippen LogP contribution is -2.27. The van der Waals surface area contributed by atoms with Crippen LogP contribution < -0.4 is 8.92 Å². The van der Waals surface area contributed by atoms with Gasteiger partial charge in [-0.2, -0.15) is 8.42 Å². The quantitative estimate of drug-likeness (QED) is 0.152. The van der Waals surface area contributed by atoms with Crippen LogP contribution in [0.3, 0.4) is 0 Å². The van der Waals surface area contributed by atoms with Crippen LogP contribution in [0.5, 0.6) is 11.5 Å². The molecule has 3 aromatic carbocycles. The maximum atomic E-state index is 12.9. The third-order valence-corrected chi connectivity index (χ3v) is 8.68. The topological polar surface area (TPSA) is 90.0 Å². The molecule has 0 aliphatic carbocycles. The van der Waals surface area contributed by atoms with Gasteiger partial charge in [0.15, 0.2) is 11.5 Å². The summed E-state index contributed by atoms with van der Waals surface area (Å²) in [5.74, 6) is -0.355. The number of amides is 2. The Morgan fingerprint density at radius 3 is 2.39 bits per heavy atom. The van der Waals surface area contributed by atoms with Crippen molar-refractivity contribution in [3.63, 3.8) is 0 Å². The smallest absolute Gasteiger partial charge is 0.339 e. The molecule has 3 aromatic rings. The lowest BCUT2D eigenvalue weighted by Gasteiger charge is -2.14. The van der Waals surface area contributed by atoms with Crippen LogP contribution in [0.4, 0.5) is 4.79 Å². The maximum Gasteiger partial charge on any atom is 0.339 e. The Morgan fingerprint density at radius 2 is 1.75 bits per heavy atom. The van der Waals surface area contributed by atoms with Gasteiger partial charge in [-0.25, -0.2) is 0 Å². The predicted octanol–water partition coefficient (Wildman–Crippen LogP) is 6.72. The molecule has 7 nitrogen and oxygen atoms in total. The number of nitrogens with zero attached hydrogens (tertiary/aromatic N) is 1. The molecule has 12 heteroatoms. The Kier molecular flexibility index (Phi) is 8.35. The van der Waals surface area contributed by atoms with Crippen molar-refractivity contribution in [2.75, 3.05) is 7.11 Å². The summed E-state index contributed by atoms with van der Waals surface area (Å²) in [4.78, 5) is 26.8. The van der Waals surface area contributed by atoms with E-state index in [1.165, 1.54) is 42.3 Å². The third-order valence-electron chi connectivity index (χ3n) is 4.97. The molecule has 186 valence electrons. The first-order chi connectivity index (χ1) is 17.1. The first kappa shape index (κ1) is 27.0. The van der Waals surface area contributed by atoms with E-state index in [2.05, 4.69) is 38.5 Å². The van der Waals surface area contributed by atoms with Crippen LogP contribution in [0.15, 0.2) is 74.9 Å². The molecule has 1 aliphatic heterocycles. The zero-order chi connectivity index (χ0) is 26.0. The highest BCUT2D eigenvalue weighted by atomic mass is 127. The van der Waals surface area contributed by atoms with E-state index in [0.717, 1.165) is 20.9 Å². The molecule has 1 saturated heterocycles. The summed E-state index contributed by atoms with van der Waals surface area (Å²) in [6.45, 7) is 0.168. The summed E-state index contributed by atoms with van der Waals surface area (Å²) in [6, 6.07) is 16.2. The molecule has 0 aromatic heterocycles. The molecule has 1 heterocycles. The molecule has 36 heavy (non-hydrogen) atoms. The number of ether oxygens (including phenoxy) is 1. The van der Waals surface area contributed by atoms with Crippen LogP contribution in [-0.4, -0.2) is 31.6 Å². The Balaban J connectivity index is 1.59. The monoisotopic (exact) mass is 719 g/mol.